The number of amides is 1. The van der Waals surface area contributed by atoms with E-state index in [0.717, 1.165) is 0 Å². The summed E-state index contributed by atoms with van der Waals surface area (Å²) in [6.45, 7) is 5.49. The van der Waals surface area contributed by atoms with E-state index in [1.165, 1.54) is 6.07 Å². The second-order valence-electron chi connectivity index (χ2n) is 5.89. The first-order chi connectivity index (χ1) is 13.4. The number of hydrogen-bond acceptors (Lipinski definition) is 8. The molecule has 0 fully saturated rings. The van der Waals surface area contributed by atoms with Crippen LogP contribution in [0.25, 0.3) is 0 Å². The zero-order valence-corrected chi connectivity index (χ0v) is 15.6. The summed E-state index contributed by atoms with van der Waals surface area (Å²) < 4.78 is 9.88. The van der Waals surface area contributed by atoms with Gasteiger partial charge < -0.3 is 19.9 Å². The lowest BCUT2D eigenvalue weighted by atomic mass is 10.2. The molecule has 1 amide bonds. The fourth-order valence-electron chi connectivity index (χ4n) is 2.41. The Kier molecular flexibility index (Phi) is 5.64. The number of nitrogens with one attached hydrogen (secondary N) is 2. The van der Waals surface area contributed by atoms with Crippen molar-refractivity contribution in [3.8, 4) is 0 Å². The Morgan fingerprint density at radius 1 is 1.07 bits per heavy atom. The van der Waals surface area contributed by atoms with E-state index < -0.39 is 5.91 Å². The molecule has 9 nitrogen and oxygen atoms in total. The van der Waals surface area contributed by atoms with Gasteiger partial charge >= 0.3 is 5.97 Å². The highest BCUT2D eigenvalue weighted by atomic mass is 16.5. The average Bonchev–Trinajstić information content (AvgIpc) is 3.06. The van der Waals surface area contributed by atoms with Gasteiger partial charge in [0.05, 0.1) is 12.2 Å². The molecule has 0 unspecified atom stereocenters. The largest absolute Gasteiger partial charge is 0.462 e. The number of rotatable bonds is 6. The summed E-state index contributed by atoms with van der Waals surface area (Å²) >= 11 is 0. The Hall–Kier alpha value is -3.75. The maximum atomic E-state index is 12.4. The number of nitrogens with zero attached hydrogens (tertiary/aromatic N) is 3. The highest BCUT2D eigenvalue weighted by molar-refractivity contribution is 6.02. The molecule has 3 aromatic rings. The quantitative estimate of drug-likeness (QED) is 0.625. The second kappa shape index (κ2) is 8.30. The van der Waals surface area contributed by atoms with Crippen LogP contribution in [0.5, 0.6) is 0 Å². The standard InChI is InChI=1S/C19H19N5O4/c1-4-27-19(26)13-5-7-14(8-6-13)22-16-10-15(20-12(3)21-16)18(25)23-17-9-11(2)28-24-17/h5-10H,4H2,1-3H3,(H,20,21,22)(H,23,24,25). The van der Waals surface area contributed by atoms with Gasteiger partial charge in [-0.05, 0) is 45.0 Å². The summed E-state index contributed by atoms with van der Waals surface area (Å²) in [5.41, 5.74) is 1.33. The van der Waals surface area contributed by atoms with E-state index in [1.807, 2.05) is 0 Å². The van der Waals surface area contributed by atoms with Gasteiger partial charge in [-0.1, -0.05) is 5.16 Å². The Morgan fingerprint density at radius 2 is 1.82 bits per heavy atom. The Bertz CT molecular complexity index is 998. The first-order valence-electron chi connectivity index (χ1n) is 8.59. The van der Waals surface area contributed by atoms with Crippen LogP contribution < -0.4 is 10.6 Å². The molecule has 2 aromatic heterocycles. The van der Waals surface area contributed by atoms with Crippen molar-refractivity contribution >= 4 is 29.2 Å². The zero-order chi connectivity index (χ0) is 20.1. The molecule has 2 heterocycles. The molecule has 0 saturated heterocycles. The SMILES string of the molecule is CCOC(=O)c1ccc(Nc2cc(C(=O)Nc3cc(C)on3)nc(C)n2)cc1. The normalized spacial score (nSPS) is 10.4. The van der Waals surface area contributed by atoms with Gasteiger partial charge in [0.15, 0.2) is 5.82 Å². The van der Waals surface area contributed by atoms with Crippen LogP contribution in [0.4, 0.5) is 17.3 Å². The topological polar surface area (TPSA) is 119 Å². The third kappa shape index (κ3) is 4.70. The fraction of sp³-hybridized carbons (Fsp3) is 0.211. The number of hydrogen-bond donors (Lipinski definition) is 2. The Balaban J connectivity index is 1.74. The van der Waals surface area contributed by atoms with Crippen molar-refractivity contribution in [2.75, 3.05) is 17.2 Å². The van der Waals surface area contributed by atoms with Crippen LogP contribution in [0.2, 0.25) is 0 Å². The van der Waals surface area contributed by atoms with Crippen LogP contribution in [0.3, 0.4) is 0 Å². The number of carbonyl (C=O) groups excluding carboxylic acids is 2. The molecule has 0 aliphatic heterocycles. The van der Waals surface area contributed by atoms with Gasteiger partial charge in [0, 0.05) is 17.8 Å². The first kappa shape index (κ1) is 19.0. The molecule has 0 saturated carbocycles. The van der Waals surface area contributed by atoms with Crippen molar-refractivity contribution in [3.63, 3.8) is 0 Å². The summed E-state index contributed by atoms with van der Waals surface area (Å²) in [7, 11) is 0. The molecule has 0 radical (unpaired) electrons. The van der Waals surface area contributed by atoms with Crippen molar-refractivity contribution < 1.29 is 18.8 Å². The number of carbonyl (C=O) groups is 2. The van der Waals surface area contributed by atoms with E-state index in [9.17, 15) is 9.59 Å². The van der Waals surface area contributed by atoms with Gasteiger partial charge in [0.1, 0.15) is 23.1 Å². The smallest absolute Gasteiger partial charge is 0.338 e. The summed E-state index contributed by atoms with van der Waals surface area (Å²) in [6, 6.07) is 9.87. The maximum Gasteiger partial charge on any atom is 0.338 e. The molecule has 0 atom stereocenters. The van der Waals surface area contributed by atoms with E-state index in [4.69, 9.17) is 9.26 Å². The maximum absolute atomic E-state index is 12.4. The van der Waals surface area contributed by atoms with Crippen molar-refractivity contribution in [2.24, 2.45) is 0 Å². The Labute approximate surface area is 161 Å². The van der Waals surface area contributed by atoms with Crippen LogP contribution in [-0.4, -0.2) is 33.6 Å². The number of aryl methyl sites for hydroxylation is 2. The van der Waals surface area contributed by atoms with Gasteiger partial charge in [-0.15, -0.1) is 0 Å². The third-order valence-electron chi connectivity index (χ3n) is 3.61. The van der Waals surface area contributed by atoms with Crippen LogP contribution in [0.1, 0.15) is 39.4 Å². The van der Waals surface area contributed by atoms with E-state index in [1.54, 1.807) is 51.1 Å². The summed E-state index contributed by atoms with van der Waals surface area (Å²) in [5.74, 6) is 0.951. The number of esters is 1. The minimum atomic E-state index is -0.431. The highest BCUT2D eigenvalue weighted by Gasteiger charge is 2.13. The predicted octanol–water partition coefficient (Wildman–Crippen LogP) is 3.25. The molecule has 0 bridgehead atoms. The fourth-order valence-corrected chi connectivity index (χ4v) is 2.41. The molecule has 0 aliphatic carbocycles. The van der Waals surface area contributed by atoms with Gasteiger partial charge in [-0.3, -0.25) is 4.79 Å². The van der Waals surface area contributed by atoms with Crippen LogP contribution in [-0.2, 0) is 4.74 Å². The minimum absolute atomic E-state index is 0.179. The van der Waals surface area contributed by atoms with Gasteiger partial charge in [-0.2, -0.15) is 0 Å². The molecule has 0 aliphatic rings. The minimum Gasteiger partial charge on any atom is -0.462 e. The zero-order valence-electron chi connectivity index (χ0n) is 15.6. The van der Waals surface area contributed by atoms with E-state index in [2.05, 4.69) is 25.8 Å². The molecule has 144 valence electrons. The van der Waals surface area contributed by atoms with Crippen molar-refractivity contribution in [3.05, 3.63) is 59.2 Å². The molecule has 9 heteroatoms. The number of anilines is 3. The lowest BCUT2D eigenvalue weighted by molar-refractivity contribution is 0.0526. The Morgan fingerprint density at radius 3 is 2.46 bits per heavy atom. The van der Waals surface area contributed by atoms with Gasteiger partial charge in [-0.25, -0.2) is 14.8 Å². The molecule has 3 rings (SSSR count). The van der Waals surface area contributed by atoms with E-state index >= 15 is 0 Å². The average molecular weight is 381 g/mol. The number of benzene rings is 1. The van der Waals surface area contributed by atoms with Crippen LogP contribution in [0.15, 0.2) is 40.9 Å². The molecular formula is C19H19N5O4. The predicted molar refractivity (Wildman–Crippen MR) is 102 cm³/mol. The van der Waals surface area contributed by atoms with Gasteiger partial charge in [0.2, 0.25) is 0 Å². The van der Waals surface area contributed by atoms with Crippen LogP contribution >= 0.6 is 0 Å². The lowest BCUT2D eigenvalue weighted by Gasteiger charge is -2.09. The van der Waals surface area contributed by atoms with Crippen LogP contribution in [0, 0.1) is 13.8 Å². The van der Waals surface area contributed by atoms with Crippen molar-refractivity contribution in [2.45, 2.75) is 20.8 Å². The summed E-state index contributed by atoms with van der Waals surface area (Å²) in [4.78, 5) is 32.5. The number of aromatic nitrogens is 3. The lowest BCUT2D eigenvalue weighted by Crippen LogP contribution is -2.15. The third-order valence-corrected chi connectivity index (χ3v) is 3.61. The van der Waals surface area contributed by atoms with Gasteiger partial charge in [0.25, 0.3) is 5.91 Å². The molecule has 28 heavy (non-hydrogen) atoms. The molecule has 2 N–H and O–H groups in total. The van der Waals surface area contributed by atoms with Crippen molar-refractivity contribution in [1.82, 2.24) is 15.1 Å². The summed E-state index contributed by atoms with van der Waals surface area (Å²) in [5, 5.41) is 9.43. The first-order valence-corrected chi connectivity index (χ1v) is 8.59. The number of ether oxygens (including phenoxy) is 1. The van der Waals surface area contributed by atoms with Crippen molar-refractivity contribution in [1.29, 1.82) is 0 Å². The molecule has 1 aromatic carbocycles. The highest BCUT2D eigenvalue weighted by Crippen LogP contribution is 2.18. The monoisotopic (exact) mass is 381 g/mol. The van der Waals surface area contributed by atoms with E-state index in [0.29, 0.717) is 41.1 Å². The van der Waals surface area contributed by atoms with E-state index in [-0.39, 0.29) is 11.7 Å². The molecule has 0 spiro atoms. The summed E-state index contributed by atoms with van der Waals surface area (Å²) in [6.07, 6.45) is 0. The molecular weight excluding hydrogens is 362 g/mol. The second-order valence-corrected chi connectivity index (χ2v) is 5.89.